The summed E-state index contributed by atoms with van der Waals surface area (Å²) < 4.78 is 37.6. The molecule has 0 aliphatic heterocycles. The maximum Gasteiger partial charge on any atom is 0.280 e. The highest BCUT2D eigenvalue weighted by molar-refractivity contribution is 6.31. The zero-order chi connectivity index (χ0) is 10.3. The number of nitrogens with zero attached hydrogens (tertiary/aromatic N) is 1. The molecule has 1 N–H and O–H groups in total. The number of aromatic amines is 1. The Balaban J connectivity index is 2.74. The molecule has 0 aliphatic rings. The molecule has 6 heteroatoms. The Morgan fingerprint density at radius 2 is 2.07 bits per heavy atom. The molecule has 0 bridgehead atoms. The third kappa shape index (κ3) is 1.33. The van der Waals surface area contributed by atoms with Crippen LogP contribution in [0.2, 0.25) is 5.02 Å². The van der Waals surface area contributed by atoms with Gasteiger partial charge in [-0.25, -0.2) is 13.2 Å². The Morgan fingerprint density at radius 3 is 2.71 bits per heavy atom. The van der Waals surface area contributed by atoms with Crippen LogP contribution in [-0.4, -0.2) is 10.2 Å². The lowest BCUT2D eigenvalue weighted by Crippen LogP contribution is -1.84. The number of fused-ring (bicyclic) bond motifs is 1. The van der Waals surface area contributed by atoms with Gasteiger partial charge in [0, 0.05) is 11.5 Å². The molecule has 0 aliphatic carbocycles. The second-order valence-corrected chi connectivity index (χ2v) is 3.13. The maximum absolute atomic E-state index is 12.9. The van der Waals surface area contributed by atoms with Crippen LogP contribution in [0.4, 0.5) is 13.2 Å². The Labute approximate surface area is 81.7 Å². The Hall–Kier alpha value is -1.23. The van der Waals surface area contributed by atoms with Gasteiger partial charge >= 0.3 is 0 Å². The minimum atomic E-state index is -2.68. The van der Waals surface area contributed by atoms with E-state index in [2.05, 4.69) is 10.2 Å². The number of hydrogen-bond acceptors (Lipinski definition) is 1. The molecule has 0 spiro atoms. The summed E-state index contributed by atoms with van der Waals surface area (Å²) in [5.74, 6) is -0.675. The summed E-state index contributed by atoms with van der Waals surface area (Å²) in [6.45, 7) is 0. The van der Waals surface area contributed by atoms with E-state index < -0.39 is 12.2 Å². The van der Waals surface area contributed by atoms with E-state index in [0.717, 1.165) is 12.1 Å². The van der Waals surface area contributed by atoms with Gasteiger partial charge in [0.05, 0.1) is 10.5 Å². The summed E-state index contributed by atoms with van der Waals surface area (Å²) in [5, 5.41) is 5.63. The molecule has 0 radical (unpaired) electrons. The van der Waals surface area contributed by atoms with Crippen LogP contribution in [-0.2, 0) is 0 Å². The molecule has 2 nitrogen and oxygen atoms in total. The topological polar surface area (TPSA) is 28.7 Å². The lowest BCUT2D eigenvalue weighted by Gasteiger charge is -1.96. The molecular weight excluding hydrogens is 217 g/mol. The van der Waals surface area contributed by atoms with E-state index in [-0.39, 0.29) is 21.6 Å². The number of H-pyrrole nitrogens is 1. The number of nitrogens with one attached hydrogen (secondary N) is 1. The monoisotopic (exact) mass is 220 g/mol. The van der Waals surface area contributed by atoms with Crippen molar-refractivity contribution >= 4 is 22.5 Å². The summed E-state index contributed by atoms with van der Waals surface area (Å²) >= 11 is 5.46. The molecular formula is C8H4ClF3N2. The molecule has 0 saturated heterocycles. The van der Waals surface area contributed by atoms with E-state index in [0.29, 0.717) is 0 Å². The van der Waals surface area contributed by atoms with Gasteiger partial charge in [-0.1, -0.05) is 11.6 Å². The molecule has 1 heterocycles. The predicted molar refractivity (Wildman–Crippen MR) is 46.0 cm³/mol. The van der Waals surface area contributed by atoms with Crippen LogP contribution in [0.15, 0.2) is 12.1 Å². The zero-order valence-corrected chi connectivity index (χ0v) is 7.45. The second kappa shape index (κ2) is 3.16. The van der Waals surface area contributed by atoms with Crippen molar-refractivity contribution in [2.24, 2.45) is 0 Å². The van der Waals surface area contributed by atoms with Crippen LogP contribution >= 0.6 is 11.6 Å². The fraction of sp³-hybridized carbons (Fsp3) is 0.125. The minimum absolute atomic E-state index is 0.141. The van der Waals surface area contributed by atoms with Crippen LogP contribution in [0.3, 0.4) is 0 Å². The van der Waals surface area contributed by atoms with Crippen molar-refractivity contribution < 1.29 is 13.2 Å². The van der Waals surface area contributed by atoms with Gasteiger partial charge in [0.15, 0.2) is 0 Å². The molecule has 0 amide bonds. The molecule has 2 rings (SSSR count). The van der Waals surface area contributed by atoms with E-state index in [4.69, 9.17) is 11.6 Å². The summed E-state index contributed by atoms with van der Waals surface area (Å²) in [4.78, 5) is 0. The summed E-state index contributed by atoms with van der Waals surface area (Å²) in [7, 11) is 0. The van der Waals surface area contributed by atoms with Gasteiger partial charge in [-0.3, -0.25) is 5.10 Å². The number of halogens is 4. The number of aromatic nitrogens is 2. The maximum atomic E-state index is 12.9. The predicted octanol–water partition coefficient (Wildman–Crippen LogP) is 3.29. The summed E-state index contributed by atoms with van der Waals surface area (Å²) in [6.07, 6.45) is -2.68. The average molecular weight is 221 g/mol. The Kier molecular flexibility index (Phi) is 2.11. The second-order valence-electron chi connectivity index (χ2n) is 2.72. The number of benzene rings is 1. The van der Waals surface area contributed by atoms with Crippen molar-refractivity contribution in [3.05, 3.63) is 28.7 Å². The van der Waals surface area contributed by atoms with Gasteiger partial charge in [0.25, 0.3) is 6.43 Å². The summed E-state index contributed by atoms with van der Waals surface area (Å²) in [6, 6.07) is 2.15. The van der Waals surface area contributed by atoms with Crippen LogP contribution in [0.5, 0.6) is 0 Å². The fourth-order valence-corrected chi connectivity index (χ4v) is 1.36. The largest absolute Gasteiger partial charge is 0.280 e. The van der Waals surface area contributed by atoms with Gasteiger partial charge in [-0.05, 0) is 6.07 Å². The number of alkyl halides is 2. The standard InChI is InChI=1S/C8H4ClF3N2/c9-4-1-3-6(2-5(4)10)13-14-7(3)8(11)12/h1-2,8H,(H,13,14). The fourth-order valence-electron chi connectivity index (χ4n) is 1.19. The van der Waals surface area contributed by atoms with Gasteiger partial charge in [0.2, 0.25) is 0 Å². The van der Waals surface area contributed by atoms with E-state index in [1.165, 1.54) is 0 Å². The zero-order valence-electron chi connectivity index (χ0n) is 6.69. The van der Waals surface area contributed by atoms with Crippen molar-refractivity contribution in [3.8, 4) is 0 Å². The van der Waals surface area contributed by atoms with Crippen molar-refractivity contribution in [3.63, 3.8) is 0 Å². The number of hydrogen-bond donors (Lipinski definition) is 1. The Morgan fingerprint density at radius 1 is 1.36 bits per heavy atom. The molecule has 0 saturated carbocycles. The average Bonchev–Trinajstić information content (AvgIpc) is 2.48. The Bertz CT molecular complexity index is 481. The normalized spacial score (nSPS) is 11.5. The smallest absolute Gasteiger partial charge is 0.276 e. The highest BCUT2D eigenvalue weighted by Gasteiger charge is 2.16. The first-order valence-electron chi connectivity index (χ1n) is 3.70. The van der Waals surface area contributed by atoms with E-state index >= 15 is 0 Å². The molecule has 14 heavy (non-hydrogen) atoms. The highest BCUT2D eigenvalue weighted by atomic mass is 35.5. The molecule has 1 aromatic heterocycles. The molecule has 0 unspecified atom stereocenters. The van der Waals surface area contributed by atoms with Crippen LogP contribution in [0, 0.1) is 5.82 Å². The van der Waals surface area contributed by atoms with Crippen molar-refractivity contribution in [2.45, 2.75) is 6.43 Å². The first-order chi connectivity index (χ1) is 6.59. The number of rotatable bonds is 1. The lowest BCUT2D eigenvalue weighted by atomic mass is 10.2. The quantitative estimate of drug-likeness (QED) is 0.785. The molecule has 1 aromatic carbocycles. The molecule has 0 atom stereocenters. The lowest BCUT2D eigenvalue weighted by molar-refractivity contribution is 0.147. The summed E-state index contributed by atoms with van der Waals surface area (Å²) in [5.41, 5.74) is -0.205. The molecule has 74 valence electrons. The van der Waals surface area contributed by atoms with E-state index in [1.807, 2.05) is 0 Å². The third-order valence-electron chi connectivity index (χ3n) is 1.84. The first kappa shape index (κ1) is 9.33. The minimum Gasteiger partial charge on any atom is -0.276 e. The third-order valence-corrected chi connectivity index (χ3v) is 2.13. The van der Waals surface area contributed by atoms with Gasteiger partial charge in [-0.15, -0.1) is 0 Å². The van der Waals surface area contributed by atoms with E-state index in [1.54, 1.807) is 0 Å². The molecule has 2 aromatic rings. The van der Waals surface area contributed by atoms with Gasteiger partial charge in [0.1, 0.15) is 11.5 Å². The van der Waals surface area contributed by atoms with Crippen molar-refractivity contribution in [1.29, 1.82) is 0 Å². The van der Waals surface area contributed by atoms with Crippen LogP contribution in [0.25, 0.3) is 10.9 Å². The van der Waals surface area contributed by atoms with Gasteiger partial charge in [-0.2, -0.15) is 5.10 Å². The SMILES string of the molecule is Fc1cc2n[nH]c(C(F)F)c2cc1Cl. The molecule has 0 fully saturated rings. The van der Waals surface area contributed by atoms with Crippen LogP contribution < -0.4 is 0 Å². The van der Waals surface area contributed by atoms with E-state index in [9.17, 15) is 13.2 Å². The highest BCUT2D eigenvalue weighted by Crippen LogP contribution is 2.28. The van der Waals surface area contributed by atoms with Gasteiger partial charge < -0.3 is 0 Å². The van der Waals surface area contributed by atoms with Crippen molar-refractivity contribution in [1.82, 2.24) is 10.2 Å². The van der Waals surface area contributed by atoms with Crippen LogP contribution in [0.1, 0.15) is 12.1 Å². The first-order valence-corrected chi connectivity index (χ1v) is 4.08. The van der Waals surface area contributed by atoms with Crippen molar-refractivity contribution in [2.75, 3.05) is 0 Å².